The molecule has 2 radical (unpaired) electrons. The second-order valence-electron chi connectivity index (χ2n) is 12.7. The number of nitrogens with zero attached hydrogens (tertiary/aromatic N) is 1. The number of nitrogens with one attached hydrogen (secondary N) is 2. The molecule has 6 aromatic carbocycles. The van der Waals surface area contributed by atoms with E-state index in [0.717, 1.165) is 11.2 Å². The van der Waals surface area contributed by atoms with E-state index in [1.165, 1.54) is 48.6 Å². The Morgan fingerprint density at radius 3 is 1.91 bits per heavy atom. The fourth-order valence-corrected chi connectivity index (χ4v) is 6.46. The predicted molar refractivity (Wildman–Crippen MR) is 184 cm³/mol. The lowest BCUT2D eigenvalue weighted by Gasteiger charge is -2.36. The highest BCUT2D eigenvalue weighted by Gasteiger charge is 2.51. The van der Waals surface area contributed by atoms with Crippen LogP contribution in [0.5, 0.6) is 0 Å². The first-order valence-electron chi connectivity index (χ1n) is 15.0. The molecular weight excluding hydrogens is 526 g/mol. The molecule has 5 nitrogen and oxygen atoms in total. The van der Waals surface area contributed by atoms with E-state index in [2.05, 4.69) is 146 Å². The third-order valence-electron chi connectivity index (χ3n) is 9.52. The molecule has 43 heavy (non-hydrogen) atoms. The van der Waals surface area contributed by atoms with E-state index >= 15 is 0 Å². The summed E-state index contributed by atoms with van der Waals surface area (Å²) in [4.78, 5) is 0. The molecule has 2 heterocycles. The molecule has 0 atom stereocenters. The van der Waals surface area contributed by atoms with Gasteiger partial charge in [-0.05, 0) is 118 Å². The maximum absolute atomic E-state index is 6.40. The Hall–Kier alpha value is -3.74. The van der Waals surface area contributed by atoms with Gasteiger partial charge < -0.3 is 24.3 Å². The Labute approximate surface area is 254 Å². The fourth-order valence-electron chi connectivity index (χ4n) is 6.46. The van der Waals surface area contributed by atoms with Crippen molar-refractivity contribution in [3.05, 3.63) is 103 Å². The predicted octanol–water partition coefficient (Wildman–Crippen LogP) is 5.06. The molecule has 0 unspecified atom stereocenters. The van der Waals surface area contributed by atoms with E-state index in [9.17, 15) is 0 Å². The van der Waals surface area contributed by atoms with Crippen LogP contribution in [0.4, 0.5) is 5.69 Å². The number of hydrogen-bond donors (Lipinski definition) is 2. The summed E-state index contributed by atoms with van der Waals surface area (Å²) in [6, 6.07) is 37.4. The molecule has 206 valence electrons. The van der Waals surface area contributed by atoms with Crippen molar-refractivity contribution < 1.29 is 9.31 Å². The Morgan fingerprint density at radius 2 is 1.23 bits per heavy atom. The molecule has 0 spiro atoms. The zero-order valence-corrected chi connectivity index (χ0v) is 24.9. The second-order valence-corrected chi connectivity index (χ2v) is 12.7. The van der Waals surface area contributed by atoms with Crippen LogP contribution >= 0.6 is 0 Å². The molecule has 0 saturated carbocycles. The number of anilines is 1. The van der Waals surface area contributed by atoms with Gasteiger partial charge >= 0.3 is 21.7 Å². The van der Waals surface area contributed by atoms with Gasteiger partial charge in [0.05, 0.1) is 11.2 Å². The van der Waals surface area contributed by atoms with Crippen LogP contribution in [-0.2, 0) is 9.31 Å². The summed E-state index contributed by atoms with van der Waals surface area (Å²) < 4.78 is 15.1. The maximum Gasteiger partial charge on any atom is 0.494 e. The van der Waals surface area contributed by atoms with Gasteiger partial charge in [0.25, 0.3) is 7.55 Å². The Morgan fingerprint density at radius 1 is 0.628 bits per heavy atom. The second kappa shape index (κ2) is 9.90. The van der Waals surface area contributed by atoms with Crippen LogP contribution < -0.4 is 25.9 Å². The Bertz CT molecular complexity index is 2030. The number of rotatable bonds is 3. The van der Waals surface area contributed by atoms with Crippen molar-refractivity contribution >= 4 is 88.9 Å². The zero-order valence-electron chi connectivity index (χ0n) is 24.9. The van der Waals surface area contributed by atoms with Crippen molar-refractivity contribution in [3.63, 3.8) is 0 Å². The summed E-state index contributed by atoms with van der Waals surface area (Å²) in [6.07, 6.45) is 0. The lowest BCUT2D eigenvalue weighted by atomic mass is 9.55. The molecular formula is C34H31B4N3O2. The summed E-state index contributed by atoms with van der Waals surface area (Å²) >= 11 is 0. The van der Waals surface area contributed by atoms with Gasteiger partial charge in [-0.2, -0.15) is 0 Å². The molecule has 2 fully saturated rings. The van der Waals surface area contributed by atoms with E-state index in [1.807, 2.05) is 15.1 Å². The molecule has 2 saturated heterocycles. The molecule has 0 bridgehead atoms. The SMILES string of the molecule is CC1(C)OB(c2cccc(N3[B]N[B]NB3c3cc4cc5ccccc5cc4c4cc5ccccc5cc34)c2)OC1(C)C. The number of benzene rings is 6. The van der Waals surface area contributed by atoms with Crippen LogP contribution in [0, 0.1) is 0 Å². The molecule has 9 heteroatoms. The molecule has 8 rings (SSSR count). The van der Waals surface area contributed by atoms with Gasteiger partial charge in [0.1, 0.15) is 0 Å². The van der Waals surface area contributed by atoms with Gasteiger partial charge in [0, 0.05) is 5.69 Å². The third kappa shape index (κ3) is 4.46. The number of fused-ring (bicyclic) bond motifs is 5. The molecule has 0 aliphatic carbocycles. The molecule has 2 N–H and O–H groups in total. The molecule has 2 aliphatic rings. The van der Waals surface area contributed by atoms with Gasteiger partial charge in [-0.1, -0.05) is 66.7 Å². The van der Waals surface area contributed by atoms with Gasteiger partial charge in [-0.3, -0.25) is 0 Å². The third-order valence-corrected chi connectivity index (χ3v) is 9.52. The maximum atomic E-state index is 6.40. The average Bonchev–Trinajstić information content (AvgIpc) is 3.25. The molecule has 6 aromatic rings. The minimum absolute atomic E-state index is 0.144. The lowest BCUT2D eigenvalue weighted by Crippen LogP contribution is -2.70. The summed E-state index contributed by atoms with van der Waals surface area (Å²) in [7, 11) is 3.51. The Kier molecular flexibility index (Phi) is 6.18. The van der Waals surface area contributed by atoms with E-state index in [1.54, 1.807) is 0 Å². The highest BCUT2D eigenvalue weighted by Crippen LogP contribution is 2.37. The van der Waals surface area contributed by atoms with Crippen LogP contribution in [0.15, 0.2) is 103 Å². The van der Waals surface area contributed by atoms with Crippen LogP contribution in [0.1, 0.15) is 27.7 Å². The number of hydrogen-bond acceptors (Lipinski definition) is 5. The largest absolute Gasteiger partial charge is 0.494 e. The van der Waals surface area contributed by atoms with Crippen LogP contribution in [0.25, 0.3) is 43.1 Å². The van der Waals surface area contributed by atoms with Crippen molar-refractivity contribution in [1.82, 2.24) is 10.3 Å². The average molecular weight is 557 g/mol. The first-order chi connectivity index (χ1) is 20.8. The van der Waals surface area contributed by atoms with Gasteiger partial charge in [0.2, 0.25) is 0 Å². The smallest absolute Gasteiger partial charge is 0.434 e. The van der Waals surface area contributed by atoms with Gasteiger partial charge in [0.15, 0.2) is 0 Å². The van der Waals surface area contributed by atoms with E-state index < -0.39 is 18.3 Å². The van der Waals surface area contributed by atoms with E-state index in [-0.39, 0.29) is 6.98 Å². The first kappa shape index (κ1) is 26.9. The summed E-state index contributed by atoms with van der Waals surface area (Å²) in [5.74, 6) is 0. The van der Waals surface area contributed by atoms with Gasteiger partial charge in [-0.15, -0.1) is 0 Å². The van der Waals surface area contributed by atoms with Crippen LogP contribution in [0.3, 0.4) is 0 Å². The normalized spacial score (nSPS) is 18.0. The van der Waals surface area contributed by atoms with Gasteiger partial charge in [-0.25, -0.2) is 0 Å². The van der Waals surface area contributed by atoms with Crippen molar-refractivity contribution in [1.29, 1.82) is 0 Å². The quantitative estimate of drug-likeness (QED) is 0.181. The lowest BCUT2D eigenvalue weighted by molar-refractivity contribution is 0.00578. The standard InChI is InChI=1S/C34H31B4N3O2/c1-33(2)34(3,4)43-38(42-33)27-14-9-15-28(21-27)41-36-39-35-40-37(41)32-20-26-16-22-10-5-6-11-23(22)17-29(26)30-18-24-12-7-8-13-25(24)19-31(30)32/h5-21,39-40H,1-4H3. The monoisotopic (exact) mass is 557 g/mol. The van der Waals surface area contributed by atoms with E-state index in [0.29, 0.717) is 0 Å². The highest BCUT2D eigenvalue weighted by atomic mass is 16.7. The van der Waals surface area contributed by atoms with Crippen molar-refractivity contribution in [3.8, 4) is 0 Å². The summed E-state index contributed by atoms with van der Waals surface area (Å²) in [5.41, 5.74) is 2.44. The topological polar surface area (TPSA) is 45.8 Å². The minimum Gasteiger partial charge on any atom is -0.434 e. The summed E-state index contributed by atoms with van der Waals surface area (Å²) in [6.45, 7) is 8.22. The van der Waals surface area contributed by atoms with Crippen LogP contribution in [-0.4, -0.2) is 40.4 Å². The van der Waals surface area contributed by atoms with Crippen molar-refractivity contribution in [2.45, 2.75) is 38.9 Å². The summed E-state index contributed by atoms with van der Waals surface area (Å²) in [5, 5.41) is 16.9. The molecule has 0 aromatic heterocycles. The van der Waals surface area contributed by atoms with Crippen LogP contribution in [0.2, 0.25) is 0 Å². The van der Waals surface area contributed by atoms with Crippen molar-refractivity contribution in [2.75, 3.05) is 4.72 Å². The highest BCUT2D eigenvalue weighted by molar-refractivity contribution is 6.92. The minimum atomic E-state index is -0.429. The Balaban J connectivity index is 1.29. The van der Waals surface area contributed by atoms with E-state index in [4.69, 9.17) is 9.31 Å². The fraction of sp³-hybridized carbons (Fsp3) is 0.176. The zero-order chi connectivity index (χ0) is 29.3. The first-order valence-corrected chi connectivity index (χ1v) is 15.0. The molecule has 2 aliphatic heterocycles. The molecule has 0 amide bonds. The van der Waals surface area contributed by atoms with Crippen molar-refractivity contribution in [2.24, 2.45) is 0 Å².